The van der Waals surface area contributed by atoms with Crippen LogP contribution in [0.15, 0.2) is 60.7 Å². The van der Waals surface area contributed by atoms with Gasteiger partial charge in [0.1, 0.15) is 5.54 Å². The molecule has 33 heavy (non-hydrogen) atoms. The summed E-state index contributed by atoms with van der Waals surface area (Å²) >= 11 is 0. The summed E-state index contributed by atoms with van der Waals surface area (Å²) in [4.78, 5) is 38.3. The van der Waals surface area contributed by atoms with Gasteiger partial charge in [0, 0.05) is 7.05 Å². The molecule has 2 atom stereocenters. The predicted molar refractivity (Wildman–Crippen MR) is 125 cm³/mol. The zero-order valence-corrected chi connectivity index (χ0v) is 19.1. The highest BCUT2D eigenvalue weighted by Crippen LogP contribution is 2.40. The fraction of sp³-hybridized carbons (Fsp3) is 0.423. The van der Waals surface area contributed by atoms with Gasteiger partial charge in [-0.25, -0.2) is 5.06 Å². The van der Waals surface area contributed by atoms with Gasteiger partial charge in [-0.15, -0.1) is 0 Å². The van der Waals surface area contributed by atoms with Gasteiger partial charge in [0.05, 0.1) is 12.5 Å². The highest BCUT2D eigenvalue weighted by atomic mass is 16.5. The van der Waals surface area contributed by atoms with Gasteiger partial charge in [-0.3, -0.25) is 19.6 Å². The zero-order chi connectivity index (χ0) is 23.7. The molecule has 3 rings (SSSR count). The molecule has 0 heterocycles. The van der Waals surface area contributed by atoms with E-state index in [1.165, 1.54) is 0 Å². The first kappa shape index (κ1) is 24.5. The van der Waals surface area contributed by atoms with E-state index in [9.17, 15) is 19.6 Å². The second kappa shape index (κ2) is 11.6. The van der Waals surface area contributed by atoms with Crippen LogP contribution in [0.5, 0.6) is 0 Å². The lowest BCUT2D eigenvalue weighted by atomic mass is 9.70. The SMILES string of the molecule is CNC(=O)C(NC(=O)C(Cc1ccccc1)CN(O)C=O)(c1ccccc1)C1CCCCC1. The number of nitrogens with one attached hydrogen (secondary N) is 2. The molecular weight excluding hydrogens is 418 g/mol. The number of carbonyl (C=O) groups is 3. The topological polar surface area (TPSA) is 98.7 Å². The minimum atomic E-state index is -1.23. The molecule has 0 saturated heterocycles. The second-order valence-corrected chi connectivity index (χ2v) is 8.69. The maximum absolute atomic E-state index is 13.7. The molecule has 1 aliphatic rings. The first-order chi connectivity index (χ1) is 16.0. The van der Waals surface area contributed by atoms with Crippen LogP contribution < -0.4 is 10.6 Å². The Bertz CT molecular complexity index is 916. The third kappa shape index (κ3) is 5.79. The molecule has 0 bridgehead atoms. The number of nitrogens with zero attached hydrogens (tertiary/aromatic N) is 1. The van der Waals surface area contributed by atoms with Crippen molar-refractivity contribution in [2.45, 2.75) is 44.1 Å². The Labute approximate surface area is 195 Å². The van der Waals surface area contributed by atoms with E-state index >= 15 is 0 Å². The highest BCUT2D eigenvalue weighted by Gasteiger charge is 2.48. The molecule has 0 aliphatic heterocycles. The Hall–Kier alpha value is -3.19. The van der Waals surface area contributed by atoms with Crippen LogP contribution in [0.2, 0.25) is 0 Å². The van der Waals surface area contributed by atoms with Gasteiger partial charge >= 0.3 is 0 Å². The standard InChI is InChI=1S/C26H33N3O4/c1-27-25(32)26(22-13-7-3-8-14-22,23-15-9-4-10-16-23)28-24(31)21(18-29(33)19-30)17-20-11-5-2-6-12-20/h2-3,5-8,11-14,19,21,23,33H,4,9-10,15-18H2,1H3,(H,27,32)(H,28,31). The fourth-order valence-electron chi connectivity index (χ4n) is 4.92. The van der Waals surface area contributed by atoms with Gasteiger partial charge in [-0.1, -0.05) is 79.9 Å². The van der Waals surface area contributed by atoms with Crippen molar-refractivity contribution in [1.29, 1.82) is 0 Å². The maximum Gasteiger partial charge on any atom is 0.250 e. The van der Waals surface area contributed by atoms with Crippen molar-refractivity contribution < 1.29 is 19.6 Å². The molecule has 2 aromatic rings. The Kier molecular flexibility index (Phi) is 8.60. The molecule has 176 valence electrons. The van der Waals surface area contributed by atoms with Crippen LogP contribution >= 0.6 is 0 Å². The van der Waals surface area contributed by atoms with Crippen LogP contribution in [0.4, 0.5) is 0 Å². The van der Waals surface area contributed by atoms with E-state index in [1.54, 1.807) is 7.05 Å². The normalized spacial score (nSPS) is 16.8. The molecule has 1 saturated carbocycles. The molecule has 0 spiro atoms. The van der Waals surface area contributed by atoms with Crippen LogP contribution in [-0.4, -0.2) is 42.1 Å². The Balaban J connectivity index is 2.00. The molecule has 0 radical (unpaired) electrons. The van der Waals surface area contributed by atoms with Gasteiger partial charge in [-0.2, -0.15) is 0 Å². The summed E-state index contributed by atoms with van der Waals surface area (Å²) in [5, 5.41) is 16.3. The largest absolute Gasteiger partial charge is 0.357 e. The lowest BCUT2D eigenvalue weighted by Gasteiger charge is -2.43. The van der Waals surface area contributed by atoms with Crippen molar-refractivity contribution >= 4 is 18.2 Å². The number of hydrogen-bond donors (Lipinski definition) is 3. The smallest absolute Gasteiger partial charge is 0.250 e. The zero-order valence-electron chi connectivity index (χ0n) is 19.1. The summed E-state index contributed by atoms with van der Waals surface area (Å²) in [7, 11) is 1.58. The van der Waals surface area contributed by atoms with E-state index in [4.69, 9.17) is 0 Å². The van der Waals surface area contributed by atoms with Gasteiger partial charge in [0.2, 0.25) is 18.2 Å². The van der Waals surface area contributed by atoms with E-state index in [2.05, 4.69) is 10.6 Å². The van der Waals surface area contributed by atoms with Gasteiger partial charge in [-0.05, 0) is 36.3 Å². The Morgan fingerprint density at radius 2 is 1.67 bits per heavy atom. The lowest BCUT2D eigenvalue weighted by molar-refractivity contribution is -0.155. The molecule has 3 N–H and O–H groups in total. The highest BCUT2D eigenvalue weighted by molar-refractivity contribution is 5.93. The first-order valence-corrected chi connectivity index (χ1v) is 11.6. The average Bonchev–Trinajstić information content (AvgIpc) is 2.87. The predicted octanol–water partition coefficient (Wildman–Crippen LogP) is 3.03. The third-order valence-corrected chi connectivity index (χ3v) is 6.58. The van der Waals surface area contributed by atoms with Gasteiger partial charge in [0.15, 0.2) is 0 Å². The molecule has 2 unspecified atom stereocenters. The summed E-state index contributed by atoms with van der Waals surface area (Å²) in [5.74, 6) is -1.44. The van der Waals surface area contributed by atoms with Crippen molar-refractivity contribution in [2.75, 3.05) is 13.6 Å². The van der Waals surface area contributed by atoms with Crippen LogP contribution in [0.3, 0.4) is 0 Å². The molecule has 7 nitrogen and oxygen atoms in total. The summed E-state index contributed by atoms with van der Waals surface area (Å²) in [6.07, 6.45) is 5.36. The molecule has 1 aliphatic carbocycles. The quantitative estimate of drug-likeness (QED) is 0.294. The van der Waals surface area contributed by atoms with E-state index in [1.807, 2.05) is 60.7 Å². The van der Waals surface area contributed by atoms with Crippen LogP contribution in [0.25, 0.3) is 0 Å². The lowest BCUT2D eigenvalue weighted by Crippen LogP contribution is -2.61. The van der Waals surface area contributed by atoms with Gasteiger partial charge < -0.3 is 10.6 Å². The minimum absolute atomic E-state index is 0.0637. The first-order valence-electron chi connectivity index (χ1n) is 11.6. The Morgan fingerprint density at radius 3 is 2.24 bits per heavy atom. The number of hydroxylamine groups is 2. The van der Waals surface area contributed by atoms with Crippen molar-refractivity contribution in [1.82, 2.24) is 15.7 Å². The van der Waals surface area contributed by atoms with Gasteiger partial charge in [0.25, 0.3) is 0 Å². The molecular formula is C26H33N3O4. The van der Waals surface area contributed by atoms with E-state index in [-0.39, 0.29) is 30.7 Å². The molecule has 2 aromatic carbocycles. The van der Waals surface area contributed by atoms with Crippen molar-refractivity contribution in [3.63, 3.8) is 0 Å². The monoisotopic (exact) mass is 451 g/mol. The van der Waals surface area contributed by atoms with E-state index in [0.717, 1.165) is 43.2 Å². The number of likely N-dealkylation sites (N-methyl/N-ethyl adjacent to an activating group) is 1. The number of carbonyl (C=O) groups excluding carboxylic acids is 3. The van der Waals surface area contributed by atoms with E-state index in [0.29, 0.717) is 11.5 Å². The number of hydrogen-bond acceptors (Lipinski definition) is 4. The van der Waals surface area contributed by atoms with Crippen LogP contribution in [0, 0.1) is 11.8 Å². The minimum Gasteiger partial charge on any atom is -0.357 e. The van der Waals surface area contributed by atoms with Crippen LogP contribution in [-0.2, 0) is 26.3 Å². The third-order valence-electron chi connectivity index (χ3n) is 6.58. The summed E-state index contributed by atoms with van der Waals surface area (Å²) in [6, 6.07) is 18.8. The summed E-state index contributed by atoms with van der Waals surface area (Å²) < 4.78 is 0. The van der Waals surface area contributed by atoms with Crippen molar-refractivity contribution in [3.8, 4) is 0 Å². The molecule has 1 fully saturated rings. The number of amides is 3. The maximum atomic E-state index is 13.7. The average molecular weight is 452 g/mol. The number of rotatable bonds is 10. The molecule has 3 amide bonds. The molecule has 0 aromatic heterocycles. The fourth-order valence-corrected chi connectivity index (χ4v) is 4.92. The van der Waals surface area contributed by atoms with E-state index < -0.39 is 11.5 Å². The summed E-state index contributed by atoms with van der Waals surface area (Å²) in [6.45, 7) is -0.173. The Morgan fingerprint density at radius 1 is 1.06 bits per heavy atom. The van der Waals surface area contributed by atoms with Crippen molar-refractivity contribution in [3.05, 3.63) is 71.8 Å². The number of benzene rings is 2. The van der Waals surface area contributed by atoms with Crippen LogP contribution in [0.1, 0.15) is 43.2 Å². The molecule has 7 heteroatoms. The summed E-state index contributed by atoms with van der Waals surface area (Å²) in [5.41, 5.74) is 0.406. The second-order valence-electron chi connectivity index (χ2n) is 8.69. The van der Waals surface area contributed by atoms with Crippen molar-refractivity contribution in [2.24, 2.45) is 11.8 Å².